The van der Waals surface area contributed by atoms with E-state index >= 15 is 0 Å². The van der Waals surface area contributed by atoms with Crippen molar-refractivity contribution in [3.8, 4) is 0 Å². The van der Waals surface area contributed by atoms with E-state index in [0.717, 1.165) is 88.3 Å². The van der Waals surface area contributed by atoms with Gasteiger partial charge in [0.2, 0.25) is 5.91 Å². The zero-order valence-corrected chi connectivity index (χ0v) is 22.3. The van der Waals surface area contributed by atoms with Gasteiger partial charge in [0.15, 0.2) is 0 Å². The zero-order valence-electron chi connectivity index (χ0n) is 22.3. The van der Waals surface area contributed by atoms with Crippen molar-refractivity contribution in [2.75, 3.05) is 26.3 Å². The van der Waals surface area contributed by atoms with Crippen LogP contribution in [0.5, 0.6) is 0 Å². The second-order valence-corrected chi connectivity index (χ2v) is 9.63. The van der Waals surface area contributed by atoms with Crippen LogP contribution in [0.25, 0.3) is 11.0 Å². The predicted octanol–water partition coefficient (Wildman–Crippen LogP) is 1.90. The van der Waals surface area contributed by atoms with Gasteiger partial charge in [0.1, 0.15) is 5.82 Å². The van der Waals surface area contributed by atoms with Crippen LogP contribution in [0.4, 0.5) is 0 Å². The topological polar surface area (TPSA) is 160 Å². The van der Waals surface area contributed by atoms with Crippen molar-refractivity contribution < 1.29 is 29.3 Å². The number of aliphatic carboxylic acids is 2. The molecule has 5 N–H and O–H groups in total. The third kappa shape index (κ3) is 10.1. The lowest BCUT2D eigenvalue weighted by molar-refractivity contribution is -0.135. The van der Waals surface area contributed by atoms with Crippen LogP contribution in [-0.2, 0) is 32.7 Å². The SMILES string of the molecule is CC(=O)O.CC(=O)O.Cc1nc2cc(CNC(=O)[C@@H]3CC[C@H](N)CN(C4CCOCC4)C3)ccc2n1C. The normalized spacial score (nSPS) is 20.6. The van der Waals surface area contributed by atoms with E-state index in [1.165, 1.54) is 0 Å². The summed E-state index contributed by atoms with van der Waals surface area (Å²) in [6.45, 7) is 7.99. The van der Waals surface area contributed by atoms with Crippen molar-refractivity contribution in [3.63, 3.8) is 0 Å². The molecular weight excluding hydrogens is 478 g/mol. The third-order valence-electron chi connectivity index (χ3n) is 6.52. The molecule has 0 bridgehead atoms. The lowest BCUT2D eigenvalue weighted by Crippen LogP contribution is -2.47. The fourth-order valence-electron chi connectivity index (χ4n) is 4.63. The summed E-state index contributed by atoms with van der Waals surface area (Å²) in [5.41, 5.74) is 9.48. The molecule has 2 aliphatic heterocycles. The highest BCUT2D eigenvalue weighted by Gasteiger charge is 2.31. The standard InChI is InChI=1S/C22H33N5O2.2C2H4O2/c1-15-25-20-11-16(3-6-21(20)26(15)2)12-24-22(28)17-4-5-18(23)14-27(13-17)19-7-9-29-10-8-19;2*1-2(3)4/h3,6,11,17-19H,4-5,7-10,12-14,23H2,1-2H3,(H,24,28);2*1H3,(H,3,4)/t17-,18+;;/m1../s1. The summed E-state index contributed by atoms with van der Waals surface area (Å²) in [7, 11) is 2.02. The molecule has 0 radical (unpaired) electrons. The van der Waals surface area contributed by atoms with Gasteiger partial charge in [-0.3, -0.25) is 19.3 Å². The number of carboxylic acids is 2. The molecule has 2 fully saturated rings. The van der Waals surface area contributed by atoms with E-state index in [4.69, 9.17) is 30.3 Å². The molecule has 206 valence electrons. The van der Waals surface area contributed by atoms with Gasteiger partial charge in [0.05, 0.1) is 17.0 Å². The summed E-state index contributed by atoms with van der Waals surface area (Å²) in [6.07, 6.45) is 3.82. The van der Waals surface area contributed by atoms with Gasteiger partial charge in [-0.25, -0.2) is 4.98 Å². The maximum Gasteiger partial charge on any atom is 0.300 e. The van der Waals surface area contributed by atoms with Gasteiger partial charge < -0.3 is 30.6 Å². The van der Waals surface area contributed by atoms with Crippen LogP contribution < -0.4 is 11.1 Å². The molecule has 1 aromatic heterocycles. The van der Waals surface area contributed by atoms with Gasteiger partial charge in [-0.1, -0.05) is 6.07 Å². The molecule has 0 aliphatic carbocycles. The number of nitrogens with zero attached hydrogens (tertiary/aromatic N) is 3. The Morgan fingerprint density at radius 3 is 2.32 bits per heavy atom. The molecule has 2 aliphatic rings. The van der Waals surface area contributed by atoms with Crippen molar-refractivity contribution in [1.82, 2.24) is 19.8 Å². The minimum absolute atomic E-state index is 0.00720. The molecule has 2 saturated heterocycles. The summed E-state index contributed by atoms with van der Waals surface area (Å²) in [4.78, 5) is 38.0. The number of aryl methyl sites for hydroxylation is 2. The van der Waals surface area contributed by atoms with E-state index < -0.39 is 11.9 Å². The van der Waals surface area contributed by atoms with Crippen LogP contribution in [0.15, 0.2) is 18.2 Å². The molecule has 0 unspecified atom stereocenters. The molecule has 0 saturated carbocycles. The average Bonchev–Trinajstić information content (AvgIpc) is 2.98. The van der Waals surface area contributed by atoms with E-state index in [1.54, 1.807) is 0 Å². The maximum atomic E-state index is 13.0. The Kier molecular flexibility index (Phi) is 12.0. The molecule has 1 aromatic carbocycles. The molecule has 2 atom stereocenters. The second-order valence-electron chi connectivity index (χ2n) is 9.63. The van der Waals surface area contributed by atoms with Gasteiger partial charge in [-0.2, -0.15) is 0 Å². The Balaban J connectivity index is 0.000000530. The van der Waals surface area contributed by atoms with E-state index in [0.29, 0.717) is 12.6 Å². The molecule has 11 heteroatoms. The summed E-state index contributed by atoms with van der Waals surface area (Å²) in [6, 6.07) is 6.85. The average molecular weight is 520 g/mol. The number of carbonyl (C=O) groups excluding carboxylic acids is 1. The first-order valence-electron chi connectivity index (χ1n) is 12.6. The van der Waals surface area contributed by atoms with E-state index in [9.17, 15) is 4.79 Å². The van der Waals surface area contributed by atoms with Crippen molar-refractivity contribution in [1.29, 1.82) is 0 Å². The maximum absolute atomic E-state index is 13.0. The number of benzene rings is 1. The number of hydrogen-bond donors (Lipinski definition) is 4. The van der Waals surface area contributed by atoms with Crippen LogP contribution in [0, 0.1) is 12.8 Å². The lowest BCUT2D eigenvalue weighted by Gasteiger charge is -2.35. The van der Waals surface area contributed by atoms with Crippen molar-refractivity contribution in [2.24, 2.45) is 18.7 Å². The molecule has 1 amide bonds. The Bertz CT molecular complexity index is 1030. The quantitative estimate of drug-likeness (QED) is 0.473. The van der Waals surface area contributed by atoms with Gasteiger partial charge in [-0.15, -0.1) is 0 Å². The molecular formula is C26H41N5O6. The third-order valence-corrected chi connectivity index (χ3v) is 6.52. The fraction of sp³-hybridized carbons (Fsp3) is 0.615. The fourth-order valence-corrected chi connectivity index (χ4v) is 4.63. The molecule has 11 nitrogen and oxygen atoms in total. The van der Waals surface area contributed by atoms with Gasteiger partial charge >= 0.3 is 0 Å². The molecule has 4 rings (SSSR count). The van der Waals surface area contributed by atoms with Gasteiger partial charge in [-0.05, 0) is 50.3 Å². The monoisotopic (exact) mass is 519 g/mol. The van der Waals surface area contributed by atoms with Crippen LogP contribution in [-0.4, -0.2) is 80.9 Å². The van der Waals surface area contributed by atoms with Crippen LogP contribution in [0.3, 0.4) is 0 Å². The molecule has 0 spiro atoms. The van der Waals surface area contributed by atoms with Crippen molar-refractivity contribution in [2.45, 2.75) is 65.1 Å². The number of nitrogens with one attached hydrogen (secondary N) is 1. The van der Waals surface area contributed by atoms with E-state index in [2.05, 4.69) is 38.0 Å². The predicted molar refractivity (Wildman–Crippen MR) is 140 cm³/mol. The number of carboxylic acid groups (broad SMARTS) is 2. The zero-order chi connectivity index (χ0) is 27.5. The first-order valence-corrected chi connectivity index (χ1v) is 12.6. The number of nitrogens with two attached hydrogens (primary N) is 1. The summed E-state index contributed by atoms with van der Waals surface area (Å²) < 4.78 is 7.59. The number of likely N-dealkylation sites (tertiary alicyclic amines) is 1. The first-order chi connectivity index (χ1) is 17.5. The van der Waals surface area contributed by atoms with Crippen LogP contribution in [0.2, 0.25) is 0 Å². The number of carbonyl (C=O) groups is 3. The number of imidazole rings is 1. The Hall–Kier alpha value is -3.02. The van der Waals surface area contributed by atoms with Gasteiger partial charge in [0, 0.05) is 65.8 Å². The van der Waals surface area contributed by atoms with Crippen LogP contribution >= 0.6 is 0 Å². The number of hydrogen-bond acceptors (Lipinski definition) is 7. The number of amides is 1. The summed E-state index contributed by atoms with van der Waals surface area (Å²) >= 11 is 0. The van der Waals surface area contributed by atoms with E-state index in [-0.39, 0.29) is 17.9 Å². The highest BCUT2D eigenvalue weighted by atomic mass is 16.5. The van der Waals surface area contributed by atoms with Crippen LogP contribution in [0.1, 0.15) is 50.9 Å². The smallest absolute Gasteiger partial charge is 0.300 e. The molecule has 37 heavy (non-hydrogen) atoms. The van der Waals surface area contributed by atoms with Crippen molar-refractivity contribution >= 4 is 28.9 Å². The summed E-state index contributed by atoms with van der Waals surface area (Å²) in [5, 5.41) is 18.0. The summed E-state index contributed by atoms with van der Waals surface area (Å²) in [5.74, 6) is -0.551. The highest BCUT2D eigenvalue weighted by molar-refractivity contribution is 5.80. The number of ether oxygens (including phenoxy) is 1. The Labute approximate surface area is 218 Å². The minimum Gasteiger partial charge on any atom is -0.481 e. The number of aromatic nitrogens is 2. The molecule has 2 aromatic rings. The largest absolute Gasteiger partial charge is 0.481 e. The lowest BCUT2D eigenvalue weighted by atomic mass is 10.00. The Morgan fingerprint density at radius 1 is 1.08 bits per heavy atom. The van der Waals surface area contributed by atoms with E-state index in [1.807, 2.05) is 14.0 Å². The van der Waals surface area contributed by atoms with Gasteiger partial charge in [0.25, 0.3) is 11.9 Å². The first kappa shape index (κ1) is 30.2. The minimum atomic E-state index is -0.833. The number of rotatable bonds is 4. The number of fused-ring (bicyclic) bond motifs is 1. The van der Waals surface area contributed by atoms with Crippen molar-refractivity contribution in [3.05, 3.63) is 29.6 Å². The highest BCUT2D eigenvalue weighted by Crippen LogP contribution is 2.23. The Morgan fingerprint density at radius 2 is 1.70 bits per heavy atom. The second kappa shape index (κ2) is 14.7. The molecule has 3 heterocycles.